The highest BCUT2D eigenvalue weighted by molar-refractivity contribution is 5.93. The maximum Gasteiger partial charge on any atom is 0.303 e. The van der Waals surface area contributed by atoms with Gasteiger partial charge >= 0.3 is 17.9 Å². The van der Waals surface area contributed by atoms with E-state index in [4.69, 9.17) is 24.7 Å². The molecule has 0 saturated carbocycles. The number of esters is 3. The van der Waals surface area contributed by atoms with Crippen molar-refractivity contribution in [2.45, 2.75) is 45.3 Å². The molecule has 0 bridgehead atoms. The van der Waals surface area contributed by atoms with Crippen molar-refractivity contribution in [2.24, 2.45) is 5.73 Å². The zero-order valence-electron chi connectivity index (χ0n) is 18.7. The second kappa shape index (κ2) is 10.6. The number of hydrogen-bond donors (Lipinski definition) is 1. The van der Waals surface area contributed by atoms with E-state index in [2.05, 4.69) is 16.8 Å². The number of carbonyl (C=O) groups excluding carboxylic acids is 4. The summed E-state index contributed by atoms with van der Waals surface area (Å²) in [4.78, 5) is 51.0. The highest BCUT2D eigenvalue weighted by atomic mass is 16.7. The Labute approximate surface area is 195 Å². The number of carbonyl (C=O) groups is 4. The van der Waals surface area contributed by atoms with E-state index >= 15 is 0 Å². The average Bonchev–Trinajstić information content (AvgIpc) is 3.32. The van der Waals surface area contributed by atoms with Gasteiger partial charge in [0.05, 0.1) is 6.33 Å². The number of nitrogens with two attached hydrogens (primary N) is 1. The molecule has 1 amide bonds. The molecular weight excluding hydrogens is 446 g/mol. The van der Waals surface area contributed by atoms with Gasteiger partial charge in [0, 0.05) is 26.3 Å². The number of amides is 1. The fourth-order valence-electron chi connectivity index (χ4n) is 3.43. The van der Waals surface area contributed by atoms with E-state index in [-0.39, 0.29) is 18.0 Å². The van der Waals surface area contributed by atoms with E-state index in [1.165, 1.54) is 31.7 Å². The topological polar surface area (TPSA) is 149 Å². The molecule has 3 rings (SSSR count). The van der Waals surface area contributed by atoms with Crippen molar-refractivity contribution < 1.29 is 38.1 Å². The molecule has 4 atom stereocenters. The monoisotopic (exact) mass is 469 g/mol. The minimum absolute atomic E-state index is 0.105. The first-order valence-corrected chi connectivity index (χ1v) is 10.2. The van der Waals surface area contributed by atoms with Crippen molar-refractivity contribution in [2.75, 3.05) is 6.61 Å². The number of primary amides is 1. The van der Waals surface area contributed by atoms with Crippen molar-refractivity contribution >= 4 is 23.8 Å². The predicted octanol–water partition coefficient (Wildman–Crippen LogP) is 0.706. The third-order valence-electron chi connectivity index (χ3n) is 4.74. The lowest BCUT2D eigenvalue weighted by molar-refractivity contribution is -0.166. The summed E-state index contributed by atoms with van der Waals surface area (Å²) in [7, 11) is 0. The van der Waals surface area contributed by atoms with Gasteiger partial charge in [-0.1, -0.05) is 24.1 Å². The van der Waals surface area contributed by atoms with Gasteiger partial charge in [0.1, 0.15) is 18.4 Å². The van der Waals surface area contributed by atoms with Gasteiger partial charge in [0.2, 0.25) is 0 Å². The lowest BCUT2D eigenvalue weighted by atomic mass is 10.1. The van der Waals surface area contributed by atoms with Crippen LogP contribution in [-0.4, -0.2) is 58.3 Å². The number of rotatable bonds is 6. The molecule has 0 aliphatic carbocycles. The first-order chi connectivity index (χ1) is 16.2. The Morgan fingerprint density at radius 3 is 2.24 bits per heavy atom. The molecule has 34 heavy (non-hydrogen) atoms. The van der Waals surface area contributed by atoms with Crippen LogP contribution in [0.25, 0.3) is 0 Å². The quantitative estimate of drug-likeness (QED) is 0.366. The first-order valence-electron chi connectivity index (χ1n) is 10.2. The minimum atomic E-state index is -1.16. The summed E-state index contributed by atoms with van der Waals surface area (Å²) < 4.78 is 23.2. The fourth-order valence-corrected chi connectivity index (χ4v) is 3.43. The van der Waals surface area contributed by atoms with Crippen LogP contribution in [-0.2, 0) is 33.3 Å². The summed E-state index contributed by atoms with van der Waals surface area (Å²) in [6.45, 7) is 3.30. The number of hydrogen-bond acceptors (Lipinski definition) is 9. The second-order valence-electron chi connectivity index (χ2n) is 7.35. The fraction of sp³-hybridized carbons (Fsp3) is 0.348. The highest BCUT2D eigenvalue weighted by Gasteiger charge is 2.51. The van der Waals surface area contributed by atoms with Crippen LogP contribution < -0.4 is 5.73 Å². The summed E-state index contributed by atoms with van der Waals surface area (Å²) in [5.74, 6) is 3.05. The number of aromatic nitrogens is 2. The molecule has 178 valence electrons. The van der Waals surface area contributed by atoms with Gasteiger partial charge in [0.15, 0.2) is 24.1 Å². The lowest BCUT2D eigenvalue weighted by Gasteiger charge is -2.24. The zero-order chi connectivity index (χ0) is 24.8. The van der Waals surface area contributed by atoms with Crippen molar-refractivity contribution in [3.8, 4) is 11.8 Å². The Bertz CT molecular complexity index is 1150. The Hall–Kier alpha value is -4.17. The van der Waals surface area contributed by atoms with Crippen LogP contribution in [0.2, 0.25) is 0 Å². The standard InChI is InChI=1S/C23H23N3O8/c1-13(27)31-11-18-20(32-14(2)28)21(33-15(3)29)23(34-18)26-12-25-19(22(24)30)17(26)10-9-16-7-5-4-6-8-16/h4-8,12,18,20-21,23H,11H2,1-3H3,(H2,24,30)/t18-,20-,21-,23-/m1/s1. The molecule has 11 nitrogen and oxygen atoms in total. The van der Waals surface area contributed by atoms with Gasteiger partial charge < -0.3 is 24.7 Å². The van der Waals surface area contributed by atoms with Crippen LogP contribution in [0, 0.1) is 11.8 Å². The Kier molecular flexibility index (Phi) is 7.65. The van der Waals surface area contributed by atoms with Crippen molar-refractivity contribution in [1.29, 1.82) is 0 Å². The minimum Gasteiger partial charge on any atom is -0.463 e. The number of benzene rings is 1. The van der Waals surface area contributed by atoms with E-state index < -0.39 is 48.4 Å². The molecule has 1 fully saturated rings. The van der Waals surface area contributed by atoms with Gasteiger partial charge in [-0.25, -0.2) is 4.98 Å². The number of imidazole rings is 1. The second-order valence-corrected chi connectivity index (χ2v) is 7.35. The van der Waals surface area contributed by atoms with E-state index in [0.717, 1.165) is 0 Å². The highest BCUT2D eigenvalue weighted by Crippen LogP contribution is 2.35. The van der Waals surface area contributed by atoms with Crippen LogP contribution in [0.15, 0.2) is 36.7 Å². The van der Waals surface area contributed by atoms with Crippen LogP contribution in [0.1, 0.15) is 48.7 Å². The average molecular weight is 469 g/mol. The Morgan fingerprint density at radius 1 is 1.00 bits per heavy atom. The van der Waals surface area contributed by atoms with Gasteiger partial charge in [-0.15, -0.1) is 0 Å². The summed E-state index contributed by atoms with van der Waals surface area (Å²) in [5, 5.41) is 0. The first kappa shape index (κ1) is 24.5. The largest absolute Gasteiger partial charge is 0.463 e. The van der Waals surface area contributed by atoms with E-state index in [1.54, 1.807) is 24.3 Å². The normalized spacial score (nSPS) is 21.1. The van der Waals surface area contributed by atoms with Crippen molar-refractivity contribution in [3.05, 3.63) is 53.6 Å². The zero-order valence-corrected chi connectivity index (χ0v) is 18.7. The molecular formula is C23H23N3O8. The summed E-state index contributed by atoms with van der Waals surface area (Å²) >= 11 is 0. The molecule has 11 heteroatoms. The van der Waals surface area contributed by atoms with Crippen LogP contribution in [0.4, 0.5) is 0 Å². The van der Waals surface area contributed by atoms with Gasteiger partial charge in [-0.05, 0) is 18.1 Å². The predicted molar refractivity (Wildman–Crippen MR) is 115 cm³/mol. The van der Waals surface area contributed by atoms with E-state index in [9.17, 15) is 19.2 Å². The maximum atomic E-state index is 12.0. The third kappa shape index (κ3) is 5.79. The third-order valence-corrected chi connectivity index (χ3v) is 4.74. The molecule has 2 heterocycles. The molecule has 0 unspecified atom stereocenters. The summed E-state index contributed by atoms with van der Waals surface area (Å²) in [6.07, 6.45) is -3.10. The lowest BCUT2D eigenvalue weighted by Crippen LogP contribution is -2.40. The van der Waals surface area contributed by atoms with Crippen LogP contribution in [0.3, 0.4) is 0 Å². The summed E-state index contributed by atoms with van der Waals surface area (Å²) in [6, 6.07) is 8.99. The molecule has 2 aromatic rings. The smallest absolute Gasteiger partial charge is 0.303 e. The Balaban J connectivity index is 2.07. The van der Waals surface area contributed by atoms with Crippen LogP contribution >= 0.6 is 0 Å². The number of ether oxygens (including phenoxy) is 4. The van der Waals surface area contributed by atoms with Crippen molar-refractivity contribution in [1.82, 2.24) is 9.55 Å². The molecule has 0 spiro atoms. The molecule has 1 aliphatic rings. The van der Waals surface area contributed by atoms with Gasteiger partial charge in [0.25, 0.3) is 5.91 Å². The van der Waals surface area contributed by atoms with E-state index in [1.807, 2.05) is 6.07 Å². The molecule has 1 aliphatic heterocycles. The maximum absolute atomic E-state index is 12.0. The summed E-state index contributed by atoms with van der Waals surface area (Å²) in [5.41, 5.74) is 6.12. The van der Waals surface area contributed by atoms with Gasteiger partial charge in [-0.2, -0.15) is 0 Å². The van der Waals surface area contributed by atoms with Crippen molar-refractivity contribution in [3.63, 3.8) is 0 Å². The molecule has 1 aromatic carbocycles. The molecule has 0 radical (unpaired) electrons. The van der Waals surface area contributed by atoms with Crippen LogP contribution in [0.5, 0.6) is 0 Å². The Morgan fingerprint density at radius 2 is 1.65 bits per heavy atom. The SMILES string of the molecule is CC(=O)OC[C@H]1O[C@@H](n2cnc(C(N)=O)c2C#Cc2ccccc2)[C@H](OC(C)=O)[C@@H]1OC(C)=O. The molecule has 1 aromatic heterocycles. The molecule has 1 saturated heterocycles. The van der Waals surface area contributed by atoms with Gasteiger partial charge in [-0.3, -0.25) is 23.7 Å². The number of nitrogens with zero attached hydrogens (tertiary/aromatic N) is 2. The molecule has 2 N–H and O–H groups in total. The van der Waals surface area contributed by atoms with E-state index in [0.29, 0.717) is 5.56 Å².